The number of fused-ring (bicyclic) bond motifs is 2. The Kier molecular flexibility index (Phi) is 4.14. The largest absolute Gasteiger partial charge is 0.377 e. The number of halogens is 2. The zero-order valence-electron chi connectivity index (χ0n) is 16.7. The van der Waals surface area contributed by atoms with Crippen molar-refractivity contribution in [2.24, 2.45) is 5.92 Å². The molecule has 0 spiro atoms. The molecule has 2 aromatic rings. The summed E-state index contributed by atoms with van der Waals surface area (Å²) in [5.74, 6) is -3.89. The third kappa shape index (κ3) is 3.29. The van der Waals surface area contributed by atoms with Crippen LogP contribution in [0.4, 0.5) is 20.4 Å². The number of nitrogens with one attached hydrogen (secondary N) is 1. The van der Waals surface area contributed by atoms with Crippen LogP contribution in [0.5, 0.6) is 0 Å². The van der Waals surface area contributed by atoms with Gasteiger partial charge in [-0.25, -0.2) is 18.7 Å². The fourth-order valence-corrected chi connectivity index (χ4v) is 4.73. The van der Waals surface area contributed by atoms with E-state index in [1.165, 1.54) is 0 Å². The van der Waals surface area contributed by atoms with Crippen molar-refractivity contribution in [3.05, 3.63) is 36.4 Å². The SMILES string of the molecule is O=C([C@@H]1CC1(F)F)N1C2C=C(c3ccnc(Nc4cnn(C5COC5)c4)n3)CC1CC2. The second-order valence-electron chi connectivity index (χ2n) is 8.75. The number of hydrogen-bond donors (Lipinski definition) is 1. The molecule has 0 aromatic carbocycles. The Hall–Kier alpha value is -2.88. The molecule has 1 N–H and O–H groups in total. The first-order valence-electron chi connectivity index (χ1n) is 10.6. The molecule has 2 bridgehead atoms. The van der Waals surface area contributed by atoms with Gasteiger partial charge in [-0.1, -0.05) is 6.08 Å². The highest BCUT2D eigenvalue weighted by molar-refractivity contribution is 5.85. The predicted octanol–water partition coefficient (Wildman–Crippen LogP) is 2.79. The lowest BCUT2D eigenvalue weighted by Gasteiger charge is -2.34. The Morgan fingerprint density at radius 1 is 1.26 bits per heavy atom. The molecule has 3 aliphatic heterocycles. The lowest BCUT2D eigenvalue weighted by molar-refractivity contribution is -0.137. The molecule has 8 nitrogen and oxygen atoms in total. The summed E-state index contributed by atoms with van der Waals surface area (Å²) in [5, 5.41) is 7.53. The summed E-state index contributed by atoms with van der Waals surface area (Å²) in [6, 6.07) is 1.94. The number of carbonyl (C=O) groups is 1. The molecule has 1 amide bonds. The summed E-state index contributed by atoms with van der Waals surface area (Å²) < 4.78 is 33.9. The van der Waals surface area contributed by atoms with Gasteiger partial charge in [-0.2, -0.15) is 5.10 Å². The number of hydrogen-bond acceptors (Lipinski definition) is 6. The number of anilines is 2. The molecular weight excluding hydrogens is 406 g/mol. The number of ether oxygens (including phenoxy) is 1. The second-order valence-corrected chi connectivity index (χ2v) is 8.75. The quantitative estimate of drug-likeness (QED) is 0.788. The van der Waals surface area contributed by atoms with E-state index in [9.17, 15) is 13.6 Å². The first kappa shape index (κ1) is 18.9. The summed E-state index contributed by atoms with van der Waals surface area (Å²) in [6.07, 6.45) is 9.28. The van der Waals surface area contributed by atoms with Gasteiger partial charge in [0, 0.05) is 24.9 Å². The molecule has 6 rings (SSSR count). The van der Waals surface area contributed by atoms with Crippen LogP contribution >= 0.6 is 0 Å². The van der Waals surface area contributed by atoms with Crippen LogP contribution in [0.3, 0.4) is 0 Å². The van der Waals surface area contributed by atoms with Crippen LogP contribution in [0.2, 0.25) is 0 Å². The van der Waals surface area contributed by atoms with E-state index >= 15 is 0 Å². The second kappa shape index (κ2) is 6.81. The molecule has 162 valence electrons. The maximum Gasteiger partial charge on any atom is 0.260 e. The van der Waals surface area contributed by atoms with Gasteiger partial charge >= 0.3 is 0 Å². The zero-order chi connectivity index (χ0) is 21.2. The van der Waals surface area contributed by atoms with Gasteiger partial charge in [0.05, 0.1) is 42.9 Å². The Morgan fingerprint density at radius 3 is 2.81 bits per heavy atom. The average Bonchev–Trinajstić information content (AvgIpc) is 2.99. The summed E-state index contributed by atoms with van der Waals surface area (Å²) in [6.45, 7) is 1.34. The van der Waals surface area contributed by atoms with E-state index in [0.717, 1.165) is 29.8 Å². The van der Waals surface area contributed by atoms with E-state index in [-0.39, 0.29) is 24.5 Å². The summed E-state index contributed by atoms with van der Waals surface area (Å²) in [4.78, 5) is 23.2. The van der Waals surface area contributed by atoms with Crippen LogP contribution in [0.1, 0.15) is 37.4 Å². The van der Waals surface area contributed by atoms with Crippen molar-refractivity contribution in [2.75, 3.05) is 18.5 Å². The van der Waals surface area contributed by atoms with Gasteiger partial charge in [-0.3, -0.25) is 9.48 Å². The minimum absolute atomic E-state index is 0.0387. The van der Waals surface area contributed by atoms with Gasteiger partial charge in [0.2, 0.25) is 11.9 Å². The van der Waals surface area contributed by atoms with Crippen LogP contribution in [0.25, 0.3) is 5.57 Å². The number of carbonyl (C=O) groups excluding carboxylic acids is 1. The zero-order valence-corrected chi connectivity index (χ0v) is 16.7. The summed E-state index contributed by atoms with van der Waals surface area (Å²) in [5.41, 5.74) is 2.62. The van der Waals surface area contributed by atoms with Gasteiger partial charge in [-0.15, -0.1) is 0 Å². The fraction of sp³-hybridized carbons (Fsp3) is 0.524. The maximum atomic E-state index is 13.4. The molecule has 5 heterocycles. The number of rotatable bonds is 5. The van der Waals surface area contributed by atoms with Crippen molar-refractivity contribution in [1.29, 1.82) is 0 Å². The minimum atomic E-state index is -2.83. The van der Waals surface area contributed by atoms with Crippen LogP contribution < -0.4 is 5.32 Å². The first-order valence-corrected chi connectivity index (χ1v) is 10.6. The molecule has 2 aromatic heterocycles. The highest BCUT2D eigenvalue weighted by Crippen LogP contribution is 2.51. The normalized spacial score (nSPS) is 28.8. The van der Waals surface area contributed by atoms with Crippen molar-refractivity contribution < 1.29 is 18.3 Å². The number of nitrogens with zero attached hydrogens (tertiary/aromatic N) is 5. The highest BCUT2D eigenvalue weighted by Gasteiger charge is 2.63. The molecular formula is C21H22F2N6O2. The molecule has 3 atom stereocenters. The molecule has 0 radical (unpaired) electrons. The summed E-state index contributed by atoms with van der Waals surface area (Å²) in [7, 11) is 0. The minimum Gasteiger partial charge on any atom is -0.377 e. The van der Waals surface area contributed by atoms with E-state index in [1.54, 1.807) is 17.3 Å². The summed E-state index contributed by atoms with van der Waals surface area (Å²) >= 11 is 0. The number of alkyl halides is 2. The Morgan fingerprint density at radius 2 is 2.10 bits per heavy atom. The first-order chi connectivity index (χ1) is 15.0. The molecule has 10 heteroatoms. The Labute approximate surface area is 177 Å². The average molecular weight is 428 g/mol. The van der Waals surface area contributed by atoms with Gasteiger partial charge < -0.3 is 15.0 Å². The molecule has 2 unspecified atom stereocenters. The van der Waals surface area contributed by atoms with Crippen LogP contribution in [-0.4, -0.2) is 61.8 Å². The number of aromatic nitrogens is 4. The van der Waals surface area contributed by atoms with Crippen molar-refractivity contribution in [1.82, 2.24) is 24.6 Å². The van der Waals surface area contributed by atoms with Crippen molar-refractivity contribution in [2.45, 2.75) is 49.7 Å². The molecule has 1 saturated carbocycles. The number of amides is 1. The van der Waals surface area contributed by atoms with Crippen molar-refractivity contribution in [3.63, 3.8) is 0 Å². The third-order valence-corrected chi connectivity index (χ3v) is 6.61. The molecule has 31 heavy (non-hydrogen) atoms. The lowest BCUT2D eigenvalue weighted by atomic mass is 9.98. The van der Waals surface area contributed by atoms with Gasteiger partial charge in [0.15, 0.2) is 0 Å². The molecule has 3 fully saturated rings. The monoisotopic (exact) mass is 428 g/mol. The van der Waals surface area contributed by atoms with E-state index < -0.39 is 17.7 Å². The maximum absolute atomic E-state index is 13.4. The van der Waals surface area contributed by atoms with E-state index in [1.807, 2.05) is 23.0 Å². The molecule has 2 saturated heterocycles. The van der Waals surface area contributed by atoms with E-state index in [4.69, 9.17) is 4.74 Å². The molecule has 4 aliphatic rings. The van der Waals surface area contributed by atoms with E-state index in [0.29, 0.717) is 25.6 Å². The van der Waals surface area contributed by atoms with E-state index in [2.05, 4.69) is 20.4 Å². The standard InChI is InChI=1S/C21H22F2N6O2/c22-21(23)7-17(21)19(30)29-14-1-2-15(29)6-12(5-14)18-3-4-24-20(27-18)26-13-8-25-28(9-13)16-10-31-11-16/h3-5,8-9,14-17H,1-2,6-7,10-11H2,(H,24,26,27)/t14?,15?,17-/m0/s1. The van der Waals surface area contributed by atoms with Crippen molar-refractivity contribution in [3.8, 4) is 0 Å². The van der Waals surface area contributed by atoms with Crippen LogP contribution in [0.15, 0.2) is 30.7 Å². The third-order valence-electron chi connectivity index (χ3n) is 6.61. The smallest absolute Gasteiger partial charge is 0.260 e. The van der Waals surface area contributed by atoms with Crippen LogP contribution in [-0.2, 0) is 9.53 Å². The van der Waals surface area contributed by atoms with Crippen LogP contribution in [0, 0.1) is 5.92 Å². The topological polar surface area (TPSA) is 85.2 Å². The fourth-order valence-electron chi connectivity index (χ4n) is 4.73. The van der Waals surface area contributed by atoms with Gasteiger partial charge in [0.25, 0.3) is 5.92 Å². The van der Waals surface area contributed by atoms with Gasteiger partial charge in [-0.05, 0) is 30.9 Å². The molecule has 1 aliphatic carbocycles. The Balaban J connectivity index is 1.18. The van der Waals surface area contributed by atoms with Gasteiger partial charge in [0.1, 0.15) is 5.92 Å². The Bertz CT molecular complexity index is 1070. The lowest BCUT2D eigenvalue weighted by Crippen LogP contribution is -2.44. The predicted molar refractivity (Wildman–Crippen MR) is 107 cm³/mol. The highest BCUT2D eigenvalue weighted by atomic mass is 19.3. The van der Waals surface area contributed by atoms with Crippen molar-refractivity contribution >= 4 is 23.1 Å².